The molecule has 1 N–H and O–H groups in total. The van der Waals surface area contributed by atoms with Crippen molar-refractivity contribution in [2.24, 2.45) is 0 Å². The van der Waals surface area contributed by atoms with Crippen LogP contribution in [0.4, 0.5) is 0 Å². The number of nitrogens with zero attached hydrogens (tertiary/aromatic N) is 2. The van der Waals surface area contributed by atoms with Gasteiger partial charge in [-0.1, -0.05) is 6.07 Å². The van der Waals surface area contributed by atoms with Crippen LogP contribution in [-0.2, 0) is 6.54 Å². The molecular weight excluding hydrogens is 222 g/mol. The minimum absolute atomic E-state index is 0. The summed E-state index contributed by atoms with van der Waals surface area (Å²) in [5.74, 6) is 0. The van der Waals surface area contributed by atoms with Crippen molar-refractivity contribution < 1.29 is 0 Å². The fourth-order valence-corrected chi connectivity index (χ4v) is 1.91. The number of aryl methyl sites for hydroxylation is 1. The highest BCUT2D eigenvalue weighted by Crippen LogP contribution is 2.05. The molecule has 3 nitrogen and oxygen atoms in total. The number of pyridine rings is 1. The summed E-state index contributed by atoms with van der Waals surface area (Å²) in [7, 11) is 0. The molecule has 0 saturated carbocycles. The monoisotopic (exact) mass is 241 g/mol. The molecule has 0 aliphatic carbocycles. The molecule has 2 heterocycles. The molecule has 1 aliphatic rings. The van der Waals surface area contributed by atoms with Crippen LogP contribution in [0, 0.1) is 6.92 Å². The molecule has 1 aromatic heterocycles. The summed E-state index contributed by atoms with van der Waals surface area (Å²) >= 11 is 0. The third-order valence-electron chi connectivity index (χ3n) is 2.81. The normalized spacial score (nSPS) is 17.6. The SMILES string of the molecule is Cc1ccc(CN2CCCNCC2)cn1.Cl. The van der Waals surface area contributed by atoms with Crippen molar-refractivity contribution in [2.45, 2.75) is 19.9 Å². The van der Waals surface area contributed by atoms with E-state index >= 15 is 0 Å². The Bertz CT molecular complexity index is 292. The van der Waals surface area contributed by atoms with Gasteiger partial charge in [-0.15, -0.1) is 12.4 Å². The van der Waals surface area contributed by atoms with Gasteiger partial charge < -0.3 is 5.32 Å². The van der Waals surface area contributed by atoms with E-state index in [0.29, 0.717) is 0 Å². The summed E-state index contributed by atoms with van der Waals surface area (Å²) < 4.78 is 0. The van der Waals surface area contributed by atoms with Crippen molar-refractivity contribution in [1.29, 1.82) is 0 Å². The quantitative estimate of drug-likeness (QED) is 0.853. The lowest BCUT2D eigenvalue weighted by Gasteiger charge is -2.19. The lowest BCUT2D eigenvalue weighted by molar-refractivity contribution is 0.284. The number of halogens is 1. The zero-order valence-corrected chi connectivity index (χ0v) is 10.6. The van der Waals surface area contributed by atoms with Gasteiger partial charge in [0.15, 0.2) is 0 Å². The van der Waals surface area contributed by atoms with Crippen molar-refractivity contribution in [3.63, 3.8) is 0 Å². The van der Waals surface area contributed by atoms with Gasteiger partial charge >= 0.3 is 0 Å². The molecule has 2 rings (SSSR count). The standard InChI is InChI=1S/C12H19N3.ClH/c1-11-3-4-12(9-14-11)10-15-7-2-5-13-6-8-15;/h3-4,9,13H,2,5-8,10H2,1H3;1H. The first-order valence-electron chi connectivity index (χ1n) is 5.69. The zero-order valence-electron chi connectivity index (χ0n) is 9.78. The third kappa shape index (κ3) is 4.08. The molecule has 0 bridgehead atoms. The van der Waals surface area contributed by atoms with Crippen molar-refractivity contribution in [1.82, 2.24) is 15.2 Å². The number of nitrogens with one attached hydrogen (secondary N) is 1. The van der Waals surface area contributed by atoms with E-state index in [1.54, 1.807) is 0 Å². The summed E-state index contributed by atoms with van der Waals surface area (Å²) in [5, 5.41) is 3.41. The van der Waals surface area contributed by atoms with Crippen LogP contribution in [0.2, 0.25) is 0 Å². The average molecular weight is 242 g/mol. The fourth-order valence-electron chi connectivity index (χ4n) is 1.91. The van der Waals surface area contributed by atoms with Gasteiger partial charge in [0.2, 0.25) is 0 Å². The van der Waals surface area contributed by atoms with E-state index in [1.807, 2.05) is 13.1 Å². The first-order valence-corrected chi connectivity index (χ1v) is 5.69. The summed E-state index contributed by atoms with van der Waals surface area (Å²) in [6.45, 7) is 7.67. The van der Waals surface area contributed by atoms with Crippen LogP contribution in [0.1, 0.15) is 17.7 Å². The number of aromatic nitrogens is 1. The van der Waals surface area contributed by atoms with Crippen molar-refractivity contribution in [3.05, 3.63) is 29.6 Å². The zero-order chi connectivity index (χ0) is 10.5. The van der Waals surface area contributed by atoms with Crippen molar-refractivity contribution in [2.75, 3.05) is 26.2 Å². The first kappa shape index (κ1) is 13.4. The molecule has 90 valence electrons. The molecule has 0 aromatic carbocycles. The molecule has 0 radical (unpaired) electrons. The third-order valence-corrected chi connectivity index (χ3v) is 2.81. The van der Waals surface area contributed by atoms with E-state index < -0.39 is 0 Å². The van der Waals surface area contributed by atoms with Crippen molar-refractivity contribution in [3.8, 4) is 0 Å². The molecule has 16 heavy (non-hydrogen) atoms. The van der Waals surface area contributed by atoms with Crippen LogP contribution >= 0.6 is 12.4 Å². The highest BCUT2D eigenvalue weighted by atomic mass is 35.5. The lowest BCUT2D eigenvalue weighted by atomic mass is 10.2. The predicted molar refractivity (Wildman–Crippen MR) is 69.0 cm³/mol. The van der Waals surface area contributed by atoms with Crippen LogP contribution in [0.15, 0.2) is 18.3 Å². The maximum Gasteiger partial charge on any atom is 0.0372 e. The van der Waals surface area contributed by atoms with Gasteiger partial charge in [0.1, 0.15) is 0 Å². The minimum Gasteiger partial charge on any atom is -0.315 e. The van der Waals surface area contributed by atoms with Crippen LogP contribution < -0.4 is 5.32 Å². The van der Waals surface area contributed by atoms with E-state index in [2.05, 4.69) is 27.3 Å². The Morgan fingerprint density at radius 2 is 2.19 bits per heavy atom. The van der Waals surface area contributed by atoms with Crippen LogP contribution in [0.5, 0.6) is 0 Å². The molecule has 1 aliphatic heterocycles. The second-order valence-electron chi connectivity index (χ2n) is 4.19. The number of rotatable bonds is 2. The summed E-state index contributed by atoms with van der Waals surface area (Å²) in [4.78, 5) is 6.82. The Labute approximate surface area is 104 Å². The van der Waals surface area contributed by atoms with E-state index in [4.69, 9.17) is 0 Å². The number of hydrogen-bond acceptors (Lipinski definition) is 3. The number of hydrogen-bond donors (Lipinski definition) is 1. The molecule has 4 heteroatoms. The highest BCUT2D eigenvalue weighted by molar-refractivity contribution is 5.85. The molecule has 0 unspecified atom stereocenters. The largest absolute Gasteiger partial charge is 0.315 e. The van der Waals surface area contributed by atoms with Crippen LogP contribution in [0.3, 0.4) is 0 Å². The predicted octanol–water partition coefficient (Wildman–Crippen LogP) is 1.61. The molecule has 0 atom stereocenters. The van der Waals surface area contributed by atoms with E-state index in [9.17, 15) is 0 Å². The highest BCUT2D eigenvalue weighted by Gasteiger charge is 2.08. The topological polar surface area (TPSA) is 28.2 Å². The van der Waals surface area contributed by atoms with Gasteiger partial charge in [-0.25, -0.2) is 0 Å². The summed E-state index contributed by atoms with van der Waals surface area (Å²) in [6.07, 6.45) is 3.24. The Balaban J connectivity index is 0.00000128. The van der Waals surface area contributed by atoms with E-state index in [-0.39, 0.29) is 12.4 Å². The molecule has 1 aromatic rings. The van der Waals surface area contributed by atoms with Gasteiger partial charge in [-0.05, 0) is 38.1 Å². The Morgan fingerprint density at radius 1 is 1.31 bits per heavy atom. The van der Waals surface area contributed by atoms with Gasteiger partial charge in [0, 0.05) is 31.5 Å². The second kappa shape index (κ2) is 6.84. The Hall–Kier alpha value is -0.640. The maximum absolute atomic E-state index is 4.33. The van der Waals surface area contributed by atoms with E-state index in [0.717, 1.165) is 31.9 Å². The van der Waals surface area contributed by atoms with Gasteiger partial charge in [0.25, 0.3) is 0 Å². The fraction of sp³-hybridized carbons (Fsp3) is 0.583. The molecule has 1 fully saturated rings. The van der Waals surface area contributed by atoms with Crippen LogP contribution in [0.25, 0.3) is 0 Å². The molecule has 0 amide bonds. The van der Waals surface area contributed by atoms with Crippen LogP contribution in [-0.4, -0.2) is 36.1 Å². The van der Waals surface area contributed by atoms with Gasteiger partial charge in [-0.2, -0.15) is 0 Å². The second-order valence-corrected chi connectivity index (χ2v) is 4.19. The van der Waals surface area contributed by atoms with E-state index in [1.165, 1.54) is 18.5 Å². The summed E-state index contributed by atoms with van der Waals surface area (Å²) in [5.41, 5.74) is 2.42. The van der Waals surface area contributed by atoms with Crippen molar-refractivity contribution >= 4 is 12.4 Å². The lowest BCUT2D eigenvalue weighted by Crippen LogP contribution is -2.27. The minimum atomic E-state index is 0. The summed E-state index contributed by atoms with van der Waals surface area (Å²) in [6, 6.07) is 4.27. The average Bonchev–Trinajstić information content (AvgIpc) is 2.50. The molecule has 0 spiro atoms. The Kier molecular flexibility index (Phi) is 5.74. The molecule has 1 saturated heterocycles. The van der Waals surface area contributed by atoms with Gasteiger partial charge in [0.05, 0.1) is 0 Å². The smallest absolute Gasteiger partial charge is 0.0372 e. The first-order chi connectivity index (χ1) is 7.34. The molecular formula is C12H20ClN3. The van der Waals surface area contributed by atoms with Gasteiger partial charge in [-0.3, -0.25) is 9.88 Å². The maximum atomic E-state index is 4.33. The Morgan fingerprint density at radius 3 is 2.94 bits per heavy atom.